The Morgan fingerprint density at radius 2 is 1.86 bits per heavy atom. The van der Waals surface area contributed by atoms with Crippen LogP contribution in [0, 0.1) is 6.92 Å². The van der Waals surface area contributed by atoms with Gasteiger partial charge in [0.2, 0.25) is 0 Å². The van der Waals surface area contributed by atoms with Crippen LogP contribution in [-0.4, -0.2) is 34.1 Å². The van der Waals surface area contributed by atoms with Crippen LogP contribution >= 0.6 is 24.0 Å². The van der Waals surface area contributed by atoms with E-state index < -0.39 is 11.9 Å². The SMILES string of the molecule is COc1cc(O)c2c(=O)cc(C)oc2c1CC=C(C)C.Cl.NC(N)=NC(=O)c1nc(Cl)c(N)nc1N. The number of aromatic hydroxyl groups is 1. The van der Waals surface area contributed by atoms with Crippen molar-refractivity contribution in [2.45, 2.75) is 27.2 Å². The lowest BCUT2D eigenvalue weighted by molar-refractivity contribution is 0.0998. The number of aryl methyl sites for hydroxylation is 1. The van der Waals surface area contributed by atoms with Crippen LogP contribution in [-0.2, 0) is 6.42 Å². The summed E-state index contributed by atoms with van der Waals surface area (Å²) >= 11 is 5.55. The lowest BCUT2D eigenvalue weighted by atomic mass is 10.0. The monoisotopic (exact) mass is 539 g/mol. The van der Waals surface area contributed by atoms with Gasteiger partial charge in [0.25, 0.3) is 0 Å². The molecule has 0 saturated heterocycles. The fraction of sp³-hybridized carbons (Fsp3) is 0.227. The number of rotatable bonds is 4. The Morgan fingerprint density at radius 3 is 2.42 bits per heavy atom. The molecule has 14 heteroatoms. The molecule has 0 aliphatic heterocycles. The van der Waals surface area contributed by atoms with Gasteiger partial charge < -0.3 is 37.2 Å². The van der Waals surface area contributed by atoms with E-state index in [0.29, 0.717) is 23.5 Å². The second-order valence-corrected chi connectivity index (χ2v) is 7.82. The molecule has 2 aromatic heterocycles. The summed E-state index contributed by atoms with van der Waals surface area (Å²) in [5.41, 5.74) is 22.5. The molecule has 0 saturated carbocycles. The first-order chi connectivity index (χ1) is 16.3. The third-order valence-electron chi connectivity index (χ3n) is 4.44. The zero-order valence-electron chi connectivity index (χ0n) is 20.0. The van der Waals surface area contributed by atoms with E-state index in [9.17, 15) is 14.7 Å². The van der Waals surface area contributed by atoms with Gasteiger partial charge in [-0.1, -0.05) is 23.3 Å². The summed E-state index contributed by atoms with van der Waals surface area (Å²) in [6, 6.07) is 2.84. The average Bonchev–Trinajstić information content (AvgIpc) is 2.74. The van der Waals surface area contributed by atoms with Crippen LogP contribution in [0.25, 0.3) is 11.0 Å². The number of anilines is 2. The third-order valence-corrected chi connectivity index (χ3v) is 4.72. The van der Waals surface area contributed by atoms with Crippen LogP contribution in [0.3, 0.4) is 0 Å². The fourth-order valence-electron chi connectivity index (χ4n) is 2.91. The molecule has 2 heterocycles. The number of phenols is 1. The molecule has 0 aliphatic rings. The first-order valence-electron chi connectivity index (χ1n) is 10.0. The molecular formula is C22H27Cl2N7O5. The Balaban J connectivity index is 0.000000365. The number of methoxy groups -OCH3 is 1. The van der Waals surface area contributed by atoms with Crippen LogP contribution in [0.5, 0.6) is 11.5 Å². The average molecular weight is 540 g/mol. The molecule has 1 amide bonds. The quantitative estimate of drug-likeness (QED) is 0.184. The Kier molecular flexibility index (Phi) is 10.5. The number of guanidine groups is 1. The highest BCUT2D eigenvalue weighted by Gasteiger charge is 2.17. The van der Waals surface area contributed by atoms with Crippen LogP contribution < -0.4 is 33.1 Å². The number of halogens is 2. The summed E-state index contributed by atoms with van der Waals surface area (Å²) in [6.45, 7) is 5.70. The zero-order valence-corrected chi connectivity index (χ0v) is 21.5. The molecule has 9 N–H and O–H groups in total. The molecule has 0 atom stereocenters. The van der Waals surface area contributed by atoms with Gasteiger partial charge in [0.1, 0.15) is 28.2 Å². The molecule has 3 aromatic rings. The molecule has 194 valence electrons. The van der Waals surface area contributed by atoms with Gasteiger partial charge in [0.15, 0.2) is 33.9 Å². The normalized spacial score (nSPS) is 9.92. The molecule has 0 fully saturated rings. The molecule has 0 aliphatic carbocycles. The predicted octanol–water partition coefficient (Wildman–Crippen LogP) is 2.45. The molecule has 1 aromatic carbocycles. The fourth-order valence-corrected chi connectivity index (χ4v) is 3.04. The van der Waals surface area contributed by atoms with Crippen molar-refractivity contribution >= 4 is 58.5 Å². The lowest BCUT2D eigenvalue weighted by Gasteiger charge is -2.11. The smallest absolute Gasteiger partial charge is 0.302 e. The Morgan fingerprint density at radius 1 is 1.22 bits per heavy atom. The van der Waals surface area contributed by atoms with Gasteiger partial charge in [0, 0.05) is 17.7 Å². The first-order valence-corrected chi connectivity index (χ1v) is 10.4. The number of hydrogen-bond acceptors (Lipinski definition) is 9. The van der Waals surface area contributed by atoms with Crippen molar-refractivity contribution in [1.29, 1.82) is 0 Å². The second kappa shape index (κ2) is 12.6. The number of ether oxygens (including phenoxy) is 1. The number of fused-ring (bicyclic) bond motifs is 1. The van der Waals surface area contributed by atoms with E-state index in [2.05, 4.69) is 15.0 Å². The summed E-state index contributed by atoms with van der Waals surface area (Å²) in [6.07, 6.45) is 2.60. The number of allylic oxidation sites excluding steroid dienone is 2. The Bertz CT molecular complexity index is 1400. The van der Waals surface area contributed by atoms with E-state index in [1.807, 2.05) is 19.9 Å². The maximum atomic E-state index is 12.0. The maximum Gasteiger partial charge on any atom is 0.302 e. The number of benzene rings is 1. The number of nitrogens with two attached hydrogens (primary N) is 4. The van der Waals surface area contributed by atoms with E-state index >= 15 is 0 Å². The molecule has 0 unspecified atom stereocenters. The third kappa shape index (κ3) is 7.23. The number of hydrogen-bond donors (Lipinski definition) is 5. The molecule has 0 radical (unpaired) electrons. The minimum Gasteiger partial charge on any atom is -0.507 e. The number of nitrogens with zero attached hydrogens (tertiary/aromatic N) is 3. The highest BCUT2D eigenvalue weighted by molar-refractivity contribution is 6.31. The van der Waals surface area contributed by atoms with Crippen molar-refractivity contribution in [3.05, 3.63) is 56.2 Å². The largest absolute Gasteiger partial charge is 0.507 e. The number of phenolic OH excluding ortho intramolecular Hbond substituents is 1. The Hall–Kier alpha value is -4.03. The summed E-state index contributed by atoms with van der Waals surface area (Å²) in [4.78, 5) is 33.8. The number of carbonyl (C=O) groups is 1. The molecule has 3 rings (SSSR count). The number of carbonyl (C=O) groups excluding carboxylic acids is 1. The highest BCUT2D eigenvalue weighted by Crippen LogP contribution is 2.34. The first kappa shape index (κ1) is 30.0. The lowest BCUT2D eigenvalue weighted by Crippen LogP contribution is -2.24. The molecule has 0 spiro atoms. The van der Waals surface area contributed by atoms with E-state index in [-0.39, 0.29) is 51.5 Å². The van der Waals surface area contributed by atoms with Crippen molar-refractivity contribution in [2.24, 2.45) is 16.5 Å². The summed E-state index contributed by atoms with van der Waals surface area (Å²) in [5.74, 6) is -0.597. The van der Waals surface area contributed by atoms with E-state index in [0.717, 1.165) is 11.1 Å². The Labute approximate surface area is 217 Å². The number of nitrogen functional groups attached to an aromatic ring is 2. The van der Waals surface area contributed by atoms with Crippen molar-refractivity contribution < 1.29 is 19.1 Å². The van der Waals surface area contributed by atoms with E-state index in [4.69, 9.17) is 43.7 Å². The minimum absolute atomic E-state index is 0. The van der Waals surface area contributed by atoms with Gasteiger partial charge in [-0.15, -0.1) is 12.4 Å². The van der Waals surface area contributed by atoms with E-state index in [1.54, 1.807) is 6.92 Å². The van der Waals surface area contributed by atoms with Crippen molar-refractivity contribution in [3.63, 3.8) is 0 Å². The topological polar surface area (TPSA) is 219 Å². The highest BCUT2D eigenvalue weighted by atomic mass is 35.5. The standard InChI is InChI=1S/C16H18O4.C6H8ClN7O.ClH/c1-9(2)5-6-11-14(19-4)8-13(18)15-12(17)7-10(3)20-16(11)15;7-2-4(9)13-3(8)1(12-2)5(15)14-6(10)11;/h5,7-8,18H,6H2,1-4H3;(H4,8,9,13)(H4,10,11,14,15);1H. The molecule has 0 bridgehead atoms. The van der Waals surface area contributed by atoms with Crippen LogP contribution in [0.4, 0.5) is 11.6 Å². The maximum absolute atomic E-state index is 12.0. The predicted molar refractivity (Wildman–Crippen MR) is 142 cm³/mol. The second-order valence-electron chi connectivity index (χ2n) is 7.46. The van der Waals surface area contributed by atoms with Crippen molar-refractivity contribution in [1.82, 2.24) is 9.97 Å². The number of amides is 1. The van der Waals surface area contributed by atoms with E-state index in [1.165, 1.54) is 19.2 Å². The molecule has 36 heavy (non-hydrogen) atoms. The van der Waals surface area contributed by atoms with Crippen LogP contribution in [0.15, 0.2) is 38.0 Å². The van der Waals surface area contributed by atoms with Crippen LogP contribution in [0.2, 0.25) is 5.15 Å². The van der Waals surface area contributed by atoms with Gasteiger partial charge in [-0.05, 0) is 27.2 Å². The van der Waals surface area contributed by atoms with Gasteiger partial charge >= 0.3 is 5.91 Å². The van der Waals surface area contributed by atoms with Crippen molar-refractivity contribution in [2.75, 3.05) is 18.6 Å². The zero-order chi connectivity index (χ0) is 26.4. The number of aliphatic imine (C=N–C) groups is 1. The van der Waals surface area contributed by atoms with Crippen LogP contribution in [0.1, 0.15) is 35.7 Å². The summed E-state index contributed by atoms with van der Waals surface area (Å²) < 4.78 is 11.0. The summed E-state index contributed by atoms with van der Waals surface area (Å²) in [7, 11) is 1.53. The number of aromatic nitrogens is 2. The van der Waals surface area contributed by atoms with Gasteiger partial charge in [-0.25, -0.2) is 9.97 Å². The van der Waals surface area contributed by atoms with Gasteiger partial charge in [0.05, 0.1) is 7.11 Å². The summed E-state index contributed by atoms with van der Waals surface area (Å²) in [5, 5.41) is 10.1. The van der Waals surface area contributed by atoms with Gasteiger partial charge in [-0.3, -0.25) is 9.59 Å². The van der Waals surface area contributed by atoms with Gasteiger partial charge in [-0.2, -0.15) is 4.99 Å². The van der Waals surface area contributed by atoms with Crippen molar-refractivity contribution in [3.8, 4) is 11.5 Å². The minimum atomic E-state index is -0.832. The molecular weight excluding hydrogens is 513 g/mol. The molecule has 12 nitrogen and oxygen atoms in total.